The third kappa shape index (κ3) is 8.40. The fraction of sp³-hybridized carbons (Fsp3) is 0.133. The van der Waals surface area contributed by atoms with Gasteiger partial charge in [-0.3, -0.25) is 4.79 Å². The fourth-order valence-corrected chi connectivity index (χ4v) is 3.40. The Bertz CT molecular complexity index is 1290. The van der Waals surface area contributed by atoms with Crippen LogP contribution in [0.1, 0.15) is 23.6 Å². The van der Waals surface area contributed by atoms with Crippen LogP contribution in [0.4, 0.5) is 0 Å². The van der Waals surface area contributed by atoms with Gasteiger partial charge in [0.05, 0.1) is 6.21 Å². The van der Waals surface area contributed by atoms with E-state index in [1.54, 1.807) is 25.3 Å². The highest BCUT2D eigenvalue weighted by molar-refractivity contribution is 6.30. The number of benzene rings is 4. The normalized spacial score (nSPS) is 11.6. The minimum absolute atomic E-state index is 0.358. The second-order valence-corrected chi connectivity index (χ2v) is 8.66. The molecule has 0 saturated carbocycles. The van der Waals surface area contributed by atoms with Crippen molar-refractivity contribution in [3.05, 3.63) is 125 Å². The van der Waals surface area contributed by atoms with Crippen molar-refractivity contribution in [2.45, 2.75) is 26.2 Å². The molecule has 6 nitrogen and oxygen atoms in total. The van der Waals surface area contributed by atoms with Crippen LogP contribution in [0.5, 0.6) is 17.2 Å². The molecule has 0 aliphatic carbocycles. The maximum absolute atomic E-state index is 12.4. The minimum Gasteiger partial charge on any atom is -0.489 e. The Kier molecular flexibility index (Phi) is 9.16. The summed E-state index contributed by atoms with van der Waals surface area (Å²) < 4.78 is 17.3. The number of ether oxygens (including phenoxy) is 3. The molecule has 0 heterocycles. The van der Waals surface area contributed by atoms with Crippen molar-refractivity contribution in [1.29, 1.82) is 0 Å². The van der Waals surface area contributed by atoms with Crippen LogP contribution >= 0.6 is 11.6 Å². The number of hydrazone groups is 1. The molecule has 188 valence electrons. The van der Waals surface area contributed by atoms with Gasteiger partial charge in [-0.1, -0.05) is 54.1 Å². The Labute approximate surface area is 221 Å². The van der Waals surface area contributed by atoms with Crippen molar-refractivity contribution >= 4 is 23.7 Å². The smallest absolute Gasteiger partial charge is 0.280 e. The van der Waals surface area contributed by atoms with Gasteiger partial charge in [0.2, 0.25) is 0 Å². The Morgan fingerprint density at radius 1 is 0.784 bits per heavy atom. The van der Waals surface area contributed by atoms with Crippen LogP contribution in [0.15, 0.2) is 108 Å². The molecule has 0 spiro atoms. The van der Waals surface area contributed by atoms with Gasteiger partial charge in [-0.05, 0) is 84.3 Å². The molecule has 1 amide bonds. The van der Waals surface area contributed by atoms with E-state index < -0.39 is 6.10 Å². The van der Waals surface area contributed by atoms with Gasteiger partial charge in [-0.25, -0.2) is 5.43 Å². The lowest BCUT2D eigenvalue weighted by Crippen LogP contribution is -2.33. The number of hydrogen-bond acceptors (Lipinski definition) is 5. The SMILES string of the molecule is CC(Oc1ccc(OCc2ccccc2)cc1)C(=O)N/N=C/c1ccc(OCc2ccc(Cl)cc2)cc1. The van der Waals surface area contributed by atoms with Gasteiger partial charge in [0.25, 0.3) is 5.91 Å². The molecule has 0 saturated heterocycles. The van der Waals surface area contributed by atoms with E-state index >= 15 is 0 Å². The molecule has 1 N–H and O–H groups in total. The van der Waals surface area contributed by atoms with Crippen molar-refractivity contribution in [1.82, 2.24) is 5.43 Å². The standard InChI is InChI=1S/C30H27ClN2O4/c1-22(37-29-17-15-28(16-18-29)35-20-24-5-3-2-4-6-24)30(34)33-32-19-23-9-13-27(14-10-23)36-21-25-7-11-26(31)12-8-25/h2-19,22H,20-21H2,1H3,(H,33,34)/b32-19+. The highest BCUT2D eigenvalue weighted by Gasteiger charge is 2.14. The number of hydrogen-bond donors (Lipinski definition) is 1. The summed E-state index contributed by atoms with van der Waals surface area (Å²) in [4.78, 5) is 12.4. The number of carbonyl (C=O) groups is 1. The van der Waals surface area contributed by atoms with Gasteiger partial charge >= 0.3 is 0 Å². The van der Waals surface area contributed by atoms with E-state index in [9.17, 15) is 4.79 Å². The number of halogens is 1. The molecule has 0 aliphatic heterocycles. The first-order valence-electron chi connectivity index (χ1n) is 11.8. The average molecular weight is 515 g/mol. The van der Waals surface area contributed by atoms with E-state index in [0.29, 0.717) is 24.0 Å². The van der Waals surface area contributed by atoms with Gasteiger partial charge in [0.1, 0.15) is 30.5 Å². The van der Waals surface area contributed by atoms with Crippen LogP contribution in [-0.4, -0.2) is 18.2 Å². The Hall–Kier alpha value is -4.29. The van der Waals surface area contributed by atoms with Crippen LogP contribution in [0.2, 0.25) is 5.02 Å². The van der Waals surface area contributed by atoms with Gasteiger partial charge in [0.15, 0.2) is 6.10 Å². The molecular weight excluding hydrogens is 488 g/mol. The monoisotopic (exact) mass is 514 g/mol. The number of nitrogens with zero attached hydrogens (tertiary/aromatic N) is 1. The highest BCUT2D eigenvalue weighted by atomic mass is 35.5. The molecule has 0 aliphatic rings. The third-order valence-corrected chi connectivity index (χ3v) is 5.59. The van der Waals surface area contributed by atoms with E-state index in [2.05, 4.69) is 10.5 Å². The zero-order valence-corrected chi connectivity index (χ0v) is 21.1. The van der Waals surface area contributed by atoms with E-state index in [4.69, 9.17) is 25.8 Å². The topological polar surface area (TPSA) is 69.2 Å². The highest BCUT2D eigenvalue weighted by Crippen LogP contribution is 2.20. The Morgan fingerprint density at radius 2 is 1.32 bits per heavy atom. The summed E-state index contributed by atoms with van der Waals surface area (Å²) in [6, 6.07) is 32.0. The van der Waals surface area contributed by atoms with Crippen molar-refractivity contribution in [3.63, 3.8) is 0 Å². The molecule has 0 radical (unpaired) electrons. The summed E-state index contributed by atoms with van der Waals surface area (Å²) >= 11 is 5.90. The molecule has 1 atom stereocenters. The predicted molar refractivity (Wildman–Crippen MR) is 145 cm³/mol. The van der Waals surface area contributed by atoms with Gasteiger partial charge in [-0.2, -0.15) is 5.10 Å². The molecule has 7 heteroatoms. The van der Waals surface area contributed by atoms with Crippen LogP contribution in [0.3, 0.4) is 0 Å². The molecule has 1 unspecified atom stereocenters. The van der Waals surface area contributed by atoms with Crippen LogP contribution in [0.25, 0.3) is 0 Å². The molecule has 0 aromatic heterocycles. The van der Waals surface area contributed by atoms with Gasteiger partial charge in [0, 0.05) is 5.02 Å². The zero-order chi connectivity index (χ0) is 25.9. The molecule has 37 heavy (non-hydrogen) atoms. The van der Waals surface area contributed by atoms with Gasteiger partial charge in [-0.15, -0.1) is 0 Å². The number of nitrogens with one attached hydrogen (secondary N) is 1. The van der Waals surface area contributed by atoms with Crippen LogP contribution < -0.4 is 19.6 Å². The molecule has 4 aromatic rings. The summed E-state index contributed by atoms with van der Waals surface area (Å²) in [5.41, 5.74) is 5.44. The van der Waals surface area contributed by atoms with Crippen LogP contribution in [-0.2, 0) is 18.0 Å². The van der Waals surface area contributed by atoms with Crippen LogP contribution in [0, 0.1) is 0 Å². The molecule has 0 bridgehead atoms. The summed E-state index contributed by atoms with van der Waals surface area (Å²) in [5.74, 6) is 1.66. The van der Waals surface area contributed by atoms with E-state index in [1.165, 1.54) is 0 Å². The second kappa shape index (κ2) is 13.1. The molecular formula is C30H27ClN2O4. The zero-order valence-electron chi connectivity index (χ0n) is 20.3. The van der Waals surface area contributed by atoms with Gasteiger partial charge < -0.3 is 14.2 Å². The average Bonchev–Trinajstić information content (AvgIpc) is 2.93. The Balaban J connectivity index is 1.19. The molecule has 0 fully saturated rings. The number of rotatable bonds is 11. The van der Waals surface area contributed by atoms with Crippen molar-refractivity contribution in [2.75, 3.05) is 0 Å². The summed E-state index contributed by atoms with van der Waals surface area (Å²) in [6.45, 7) is 2.59. The second-order valence-electron chi connectivity index (χ2n) is 8.22. The third-order valence-electron chi connectivity index (χ3n) is 5.34. The lowest BCUT2D eigenvalue weighted by molar-refractivity contribution is -0.127. The first kappa shape index (κ1) is 25.8. The van der Waals surface area contributed by atoms with Crippen molar-refractivity contribution < 1.29 is 19.0 Å². The summed E-state index contributed by atoms with van der Waals surface area (Å²) in [7, 11) is 0. The van der Waals surface area contributed by atoms with E-state index in [0.717, 1.165) is 28.2 Å². The summed E-state index contributed by atoms with van der Waals surface area (Å²) in [5, 5.41) is 4.72. The van der Waals surface area contributed by atoms with E-state index in [1.807, 2.05) is 91.0 Å². The van der Waals surface area contributed by atoms with Crippen molar-refractivity contribution in [3.8, 4) is 17.2 Å². The largest absolute Gasteiger partial charge is 0.489 e. The first-order valence-corrected chi connectivity index (χ1v) is 12.2. The fourth-order valence-electron chi connectivity index (χ4n) is 3.27. The number of amides is 1. The summed E-state index contributed by atoms with van der Waals surface area (Å²) in [6.07, 6.45) is 0.837. The predicted octanol–water partition coefficient (Wildman–Crippen LogP) is 6.42. The number of carbonyl (C=O) groups excluding carboxylic acids is 1. The lowest BCUT2D eigenvalue weighted by Gasteiger charge is -2.13. The lowest BCUT2D eigenvalue weighted by atomic mass is 10.2. The quantitative estimate of drug-likeness (QED) is 0.185. The maximum Gasteiger partial charge on any atom is 0.280 e. The van der Waals surface area contributed by atoms with E-state index in [-0.39, 0.29) is 5.91 Å². The van der Waals surface area contributed by atoms with Crippen molar-refractivity contribution in [2.24, 2.45) is 5.10 Å². The molecule has 4 rings (SSSR count). The maximum atomic E-state index is 12.4. The molecule has 4 aromatic carbocycles. The first-order chi connectivity index (χ1) is 18.0. The Morgan fingerprint density at radius 3 is 1.95 bits per heavy atom. The minimum atomic E-state index is -0.725.